The average Bonchev–Trinajstić information content (AvgIpc) is 3.31. The van der Waals surface area contributed by atoms with Crippen LogP contribution in [-0.4, -0.2) is 60.5 Å². The number of piperidine rings is 1. The van der Waals surface area contributed by atoms with Crippen molar-refractivity contribution < 1.29 is 8.78 Å². The highest BCUT2D eigenvalue weighted by molar-refractivity contribution is 6.31. The lowest BCUT2D eigenvalue weighted by atomic mass is 9.99. The van der Waals surface area contributed by atoms with Crippen molar-refractivity contribution in [2.45, 2.75) is 45.6 Å². The quantitative estimate of drug-likeness (QED) is 0.337. The molecule has 0 saturated carbocycles. The molecule has 2 saturated heterocycles. The number of hydrogen-bond donors (Lipinski definition) is 0. The van der Waals surface area contributed by atoms with Crippen LogP contribution in [0.4, 0.5) is 20.2 Å². The molecule has 0 spiro atoms. The summed E-state index contributed by atoms with van der Waals surface area (Å²) in [5, 5.41) is 5.00. The molecule has 2 aliphatic rings. The van der Waals surface area contributed by atoms with Gasteiger partial charge in [0.05, 0.1) is 12.2 Å². The molecule has 5 nitrogen and oxygen atoms in total. The number of piperazine rings is 1. The maximum Gasteiger partial charge on any atom is 0.280 e. The van der Waals surface area contributed by atoms with Gasteiger partial charge in [0.25, 0.3) is 6.43 Å². The van der Waals surface area contributed by atoms with Crippen LogP contribution in [0.2, 0.25) is 5.02 Å². The molecule has 0 aliphatic carbocycles. The van der Waals surface area contributed by atoms with Crippen LogP contribution in [0.25, 0.3) is 11.1 Å². The fourth-order valence-corrected chi connectivity index (χ4v) is 5.97. The highest BCUT2D eigenvalue weighted by Crippen LogP contribution is 2.38. The summed E-state index contributed by atoms with van der Waals surface area (Å²) < 4.78 is 29.1. The third-order valence-corrected chi connectivity index (χ3v) is 7.97. The van der Waals surface area contributed by atoms with E-state index in [1.807, 2.05) is 12.1 Å². The van der Waals surface area contributed by atoms with Crippen LogP contribution in [-0.2, 0) is 0 Å². The first kappa shape index (κ1) is 26.0. The lowest BCUT2D eigenvalue weighted by molar-refractivity contribution is 0.133. The molecule has 2 aliphatic heterocycles. The van der Waals surface area contributed by atoms with Crippen LogP contribution < -0.4 is 9.80 Å². The topological polar surface area (TPSA) is 27.5 Å². The van der Waals surface area contributed by atoms with Gasteiger partial charge in [-0.15, -0.1) is 0 Å². The summed E-state index contributed by atoms with van der Waals surface area (Å²) in [6.45, 7) is 10.9. The molecule has 2 aromatic carbocycles. The minimum Gasteiger partial charge on any atom is -0.369 e. The zero-order valence-corrected chi connectivity index (χ0v) is 22.5. The van der Waals surface area contributed by atoms with Crippen LogP contribution in [0.5, 0.6) is 0 Å². The first-order chi connectivity index (χ1) is 17.9. The number of aryl methyl sites for hydroxylation is 1. The minimum absolute atomic E-state index is 0.0317. The summed E-state index contributed by atoms with van der Waals surface area (Å²) in [4.78, 5) is 7.27. The second-order valence-corrected chi connectivity index (χ2v) is 10.7. The fraction of sp³-hybridized carbons (Fsp3) is 0.483. The zero-order chi connectivity index (χ0) is 25.9. The van der Waals surface area contributed by atoms with E-state index in [4.69, 9.17) is 11.6 Å². The monoisotopic (exact) mass is 527 g/mol. The Hall–Kier alpha value is -2.64. The molecular formula is C29H36ClF2N5. The summed E-state index contributed by atoms with van der Waals surface area (Å²) in [6, 6.07) is 14.7. The number of benzene rings is 2. The van der Waals surface area contributed by atoms with Crippen LogP contribution >= 0.6 is 11.6 Å². The van der Waals surface area contributed by atoms with E-state index in [1.165, 1.54) is 18.7 Å². The number of aromatic nitrogens is 2. The largest absolute Gasteiger partial charge is 0.369 e. The Labute approximate surface area is 223 Å². The summed E-state index contributed by atoms with van der Waals surface area (Å²) in [6.07, 6.45) is 1.95. The Morgan fingerprint density at radius 3 is 2.46 bits per heavy atom. The second kappa shape index (κ2) is 11.4. The number of halogens is 3. The van der Waals surface area contributed by atoms with Crippen molar-refractivity contribution in [3.05, 3.63) is 64.9 Å². The summed E-state index contributed by atoms with van der Waals surface area (Å²) >= 11 is 6.45. The first-order valence-corrected chi connectivity index (χ1v) is 13.8. The smallest absolute Gasteiger partial charge is 0.280 e. The summed E-state index contributed by atoms with van der Waals surface area (Å²) in [5.74, 6) is 0. The van der Waals surface area contributed by atoms with Gasteiger partial charge >= 0.3 is 0 Å². The molecule has 3 heterocycles. The molecule has 1 aromatic heterocycles. The maximum atomic E-state index is 13.8. The van der Waals surface area contributed by atoms with Crippen molar-refractivity contribution in [3.63, 3.8) is 0 Å². The highest BCUT2D eigenvalue weighted by atomic mass is 35.5. The molecular weight excluding hydrogens is 492 g/mol. The third-order valence-electron chi connectivity index (χ3n) is 7.73. The van der Waals surface area contributed by atoms with Crippen LogP contribution in [0.3, 0.4) is 0 Å². The number of anilines is 2. The average molecular weight is 528 g/mol. The molecule has 198 valence electrons. The van der Waals surface area contributed by atoms with Gasteiger partial charge in [-0.3, -0.25) is 9.58 Å². The number of nitrogens with zero attached hydrogens (tertiary/aromatic N) is 5. The van der Waals surface area contributed by atoms with E-state index in [0.717, 1.165) is 62.4 Å². The van der Waals surface area contributed by atoms with Gasteiger partial charge in [0, 0.05) is 61.2 Å². The number of hydrogen-bond acceptors (Lipinski definition) is 4. The lowest BCUT2D eigenvalue weighted by Crippen LogP contribution is -2.46. The van der Waals surface area contributed by atoms with E-state index in [-0.39, 0.29) is 11.7 Å². The molecule has 1 unspecified atom stereocenters. The molecule has 3 aromatic rings. The van der Waals surface area contributed by atoms with E-state index in [9.17, 15) is 8.78 Å². The highest BCUT2D eigenvalue weighted by Gasteiger charge is 2.28. The Kier molecular flexibility index (Phi) is 8.01. The summed E-state index contributed by atoms with van der Waals surface area (Å²) in [5.41, 5.74) is 5.11. The van der Waals surface area contributed by atoms with Gasteiger partial charge in [-0.2, -0.15) is 5.10 Å². The van der Waals surface area contributed by atoms with Gasteiger partial charge in [0.15, 0.2) is 0 Å². The van der Waals surface area contributed by atoms with E-state index in [0.29, 0.717) is 17.1 Å². The third kappa shape index (κ3) is 5.63. The van der Waals surface area contributed by atoms with E-state index in [2.05, 4.69) is 57.1 Å². The summed E-state index contributed by atoms with van der Waals surface area (Å²) in [7, 11) is 0. The minimum atomic E-state index is -2.53. The Balaban J connectivity index is 1.36. The Morgan fingerprint density at radius 1 is 1.00 bits per heavy atom. The molecule has 0 amide bonds. The molecule has 0 bridgehead atoms. The first-order valence-electron chi connectivity index (χ1n) is 13.4. The normalized spacial score (nSPS) is 19.1. The molecule has 37 heavy (non-hydrogen) atoms. The van der Waals surface area contributed by atoms with Crippen molar-refractivity contribution in [1.82, 2.24) is 14.7 Å². The van der Waals surface area contributed by atoms with Crippen LogP contribution in [0, 0.1) is 6.92 Å². The fourth-order valence-electron chi connectivity index (χ4n) is 5.80. The van der Waals surface area contributed by atoms with Gasteiger partial charge in [0.1, 0.15) is 5.69 Å². The van der Waals surface area contributed by atoms with Gasteiger partial charge in [-0.1, -0.05) is 36.7 Å². The van der Waals surface area contributed by atoms with Crippen molar-refractivity contribution in [3.8, 4) is 11.1 Å². The number of alkyl halides is 2. The molecule has 5 rings (SSSR count). The zero-order valence-electron chi connectivity index (χ0n) is 21.7. The van der Waals surface area contributed by atoms with E-state index in [1.54, 1.807) is 17.8 Å². The van der Waals surface area contributed by atoms with Crippen molar-refractivity contribution in [1.29, 1.82) is 0 Å². The molecule has 1 atom stereocenters. The maximum absolute atomic E-state index is 13.8. The Bertz CT molecular complexity index is 1190. The SMILES string of the molecule is CCCN1CCN(c2ccc(-c3ccc(Cl)cc3N3CCCC(n4ncc(C)c4C(F)F)C3)cc2)CC1. The van der Waals surface area contributed by atoms with Crippen LogP contribution in [0.1, 0.15) is 49.9 Å². The van der Waals surface area contributed by atoms with Crippen molar-refractivity contribution in [2.75, 3.05) is 55.6 Å². The van der Waals surface area contributed by atoms with Crippen molar-refractivity contribution in [2.24, 2.45) is 0 Å². The standard InChI is InChI=1S/C29H36ClF2N5/c1-3-12-34-14-16-35(17-15-34)24-9-6-22(7-10-24)26-11-8-23(30)18-27(26)36-13-4-5-25(20-36)37-28(29(31)32)21(2)19-33-37/h6-11,18-19,25,29H,3-5,12-17,20H2,1-2H3. The van der Waals surface area contributed by atoms with Crippen LogP contribution in [0.15, 0.2) is 48.7 Å². The van der Waals surface area contributed by atoms with Gasteiger partial charge in [-0.05, 0) is 68.1 Å². The van der Waals surface area contributed by atoms with Gasteiger partial charge in [-0.25, -0.2) is 8.78 Å². The van der Waals surface area contributed by atoms with E-state index < -0.39 is 6.43 Å². The second-order valence-electron chi connectivity index (χ2n) is 10.2. The van der Waals surface area contributed by atoms with Gasteiger partial charge < -0.3 is 9.80 Å². The Morgan fingerprint density at radius 2 is 1.76 bits per heavy atom. The lowest BCUT2D eigenvalue weighted by Gasteiger charge is -2.37. The predicted octanol–water partition coefficient (Wildman–Crippen LogP) is 6.82. The molecule has 2 fully saturated rings. The molecule has 0 radical (unpaired) electrons. The predicted molar refractivity (Wildman–Crippen MR) is 148 cm³/mol. The van der Waals surface area contributed by atoms with Gasteiger partial charge in [0.2, 0.25) is 0 Å². The molecule has 8 heteroatoms. The van der Waals surface area contributed by atoms with E-state index >= 15 is 0 Å². The number of rotatable bonds is 7. The van der Waals surface area contributed by atoms with Crippen molar-refractivity contribution >= 4 is 23.0 Å². The molecule has 0 N–H and O–H groups in total.